The van der Waals surface area contributed by atoms with Gasteiger partial charge in [-0.2, -0.15) is 0 Å². The molecule has 0 saturated carbocycles. The molecule has 0 atom stereocenters. The van der Waals surface area contributed by atoms with Crippen molar-refractivity contribution in [1.29, 1.82) is 0 Å². The van der Waals surface area contributed by atoms with Gasteiger partial charge in [0.05, 0.1) is 0 Å². The van der Waals surface area contributed by atoms with Gasteiger partial charge in [-0.05, 0) is 42.0 Å². The smallest absolute Gasteiger partial charge is 0.364 e. The average Bonchev–Trinajstić information content (AvgIpc) is 2.78. The van der Waals surface area contributed by atoms with Crippen molar-refractivity contribution in [3.63, 3.8) is 0 Å². The predicted molar refractivity (Wildman–Crippen MR) is 112 cm³/mol. The number of hydrogen-bond donors (Lipinski definition) is 0. The van der Waals surface area contributed by atoms with Crippen LogP contribution in [0.3, 0.4) is 0 Å². The Morgan fingerprint density at radius 1 is 0.667 bits per heavy atom. The quantitative estimate of drug-likeness (QED) is 0.302. The zero-order valence-electron chi connectivity index (χ0n) is 15.5. The van der Waals surface area contributed by atoms with Crippen molar-refractivity contribution in [2.24, 2.45) is 10.2 Å². The number of rotatable bonds is 3. The molecule has 0 bridgehead atoms. The first-order chi connectivity index (χ1) is 14.7. The van der Waals surface area contributed by atoms with Crippen molar-refractivity contribution in [3.05, 3.63) is 100.0 Å². The molecule has 0 aliphatic rings. The molecule has 0 unspecified atom stereocenters. The minimum atomic E-state index is -0.648. The molecule has 144 valence electrons. The van der Waals surface area contributed by atoms with E-state index in [1.54, 1.807) is 48.8 Å². The monoisotopic (exact) mass is 395 g/mol. The van der Waals surface area contributed by atoms with Crippen LogP contribution in [0.5, 0.6) is 0 Å². The lowest BCUT2D eigenvalue weighted by atomic mass is 10.1. The maximum absolute atomic E-state index is 12.3. The van der Waals surface area contributed by atoms with Gasteiger partial charge in [-0.25, -0.2) is 9.59 Å². The number of pyridine rings is 1. The molecule has 0 N–H and O–H groups in total. The standard InChI is InChI=1S/C23H13N3O4/c27-22-18(11-15-4-1-2-6-20(15)29-22)25-26-19-12-17-10-14(16-5-3-9-24-13-16)7-8-21(17)30-23(19)28/h1-13H. The Balaban J connectivity index is 1.57. The normalized spacial score (nSPS) is 11.5. The molecule has 0 saturated heterocycles. The maximum atomic E-state index is 12.3. The Morgan fingerprint density at radius 3 is 2.10 bits per heavy atom. The number of hydrogen-bond acceptors (Lipinski definition) is 7. The van der Waals surface area contributed by atoms with Gasteiger partial charge in [-0.3, -0.25) is 4.98 Å². The summed E-state index contributed by atoms with van der Waals surface area (Å²) in [5, 5.41) is 9.25. The third-order valence-corrected chi connectivity index (χ3v) is 4.60. The van der Waals surface area contributed by atoms with Crippen molar-refractivity contribution in [3.8, 4) is 11.1 Å². The minimum absolute atomic E-state index is 0.00249. The van der Waals surface area contributed by atoms with E-state index in [1.165, 1.54) is 0 Å². The SMILES string of the molecule is O=c1oc2ccccc2cc1N=Nc1cc2cc(-c3cccnc3)ccc2oc1=O. The Bertz CT molecular complexity index is 1540. The molecular weight excluding hydrogens is 382 g/mol. The second-order valence-corrected chi connectivity index (χ2v) is 6.57. The highest BCUT2D eigenvalue weighted by Gasteiger charge is 2.08. The van der Waals surface area contributed by atoms with E-state index < -0.39 is 11.3 Å². The van der Waals surface area contributed by atoms with Gasteiger partial charge in [-0.15, -0.1) is 10.2 Å². The molecule has 7 nitrogen and oxygen atoms in total. The van der Waals surface area contributed by atoms with Crippen molar-refractivity contribution >= 4 is 33.3 Å². The second kappa shape index (κ2) is 7.21. The lowest BCUT2D eigenvalue weighted by molar-refractivity contribution is 0.558. The first-order valence-electron chi connectivity index (χ1n) is 9.10. The third-order valence-electron chi connectivity index (χ3n) is 4.60. The summed E-state index contributed by atoms with van der Waals surface area (Å²) in [5.74, 6) is 0. The fourth-order valence-electron chi connectivity index (χ4n) is 3.12. The number of benzene rings is 2. The van der Waals surface area contributed by atoms with Crippen molar-refractivity contribution < 1.29 is 8.83 Å². The van der Waals surface area contributed by atoms with Crippen LogP contribution in [0.1, 0.15) is 0 Å². The van der Waals surface area contributed by atoms with E-state index in [9.17, 15) is 9.59 Å². The highest BCUT2D eigenvalue weighted by atomic mass is 16.4. The molecule has 30 heavy (non-hydrogen) atoms. The van der Waals surface area contributed by atoms with Gasteiger partial charge in [0, 0.05) is 28.7 Å². The van der Waals surface area contributed by atoms with Crippen molar-refractivity contribution in [2.45, 2.75) is 0 Å². The van der Waals surface area contributed by atoms with Crippen molar-refractivity contribution in [1.82, 2.24) is 4.98 Å². The topological polar surface area (TPSA) is 98.0 Å². The molecular formula is C23H13N3O4. The molecule has 0 spiro atoms. The first kappa shape index (κ1) is 17.7. The van der Waals surface area contributed by atoms with Crippen LogP contribution >= 0.6 is 0 Å². The third kappa shape index (κ3) is 3.29. The Labute approximate surface area is 169 Å². The number of aromatic nitrogens is 1. The molecule has 3 heterocycles. The Kier molecular flexibility index (Phi) is 4.25. The van der Waals surface area contributed by atoms with Crippen LogP contribution in [0.25, 0.3) is 33.1 Å². The highest BCUT2D eigenvalue weighted by molar-refractivity contribution is 5.84. The first-order valence-corrected chi connectivity index (χ1v) is 9.10. The molecule has 0 aliphatic heterocycles. The Hall–Kier alpha value is -4.39. The maximum Gasteiger partial charge on any atom is 0.364 e. The van der Waals surface area contributed by atoms with Crippen LogP contribution < -0.4 is 11.3 Å². The van der Waals surface area contributed by atoms with Crippen LogP contribution in [-0.2, 0) is 0 Å². The van der Waals surface area contributed by atoms with Gasteiger partial charge in [-0.1, -0.05) is 30.3 Å². The van der Waals surface area contributed by atoms with Gasteiger partial charge in [0.25, 0.3) is 0 Å². The van der Waals surface area contributed by atoms with Crippen LogP contribution in [0.2, 0.25) is 0 Å². The van der Waals surface area contributed by atoms with E-state index in [0.29, 0.717) is 21.9 Å². The van der Waals surface area contributed by atoms with Crippen LogP contribution in [-0.4, -0.2) is 4.98 Å². The molecule has 0 aliphatic carbocycles. The number of nitrogens with zero attached hydrogens (tertiary/aromatic N) is 3. The summed E-state index contributed by atoms with van der Waals surface area (Å²) in [6.07, 6.45) is 3.45. The number of fused-ring (bicyclic) bond motifs is 2. The van der Waals surface area contributed by atoms with E-state index in [-0.39, 0.29) is 11.4 Å². The van der Waals surface area contributed by atoms with Crippen LogP contribution in [0.4, 0.5) is 11.4 Å². The van der Waals surface area contributed by atoms with Gasteiger partial charge >= 0.3 is 11.3 Å². The van der Waals surface area contributed by atoms with Crippen molar-refractivity contribution in [2.75, 3.05) is 0 Å². The zero-order chi connectivity index (χ0) is 20.5. The summed E-state index contributed by atoms with van der Waals surface area (Å²) in [5.41, 5.74) is 1.43. The molecule has 5 aromatic rings. The predicted octanol–water partition coefficient (Wildman–Crippen LogP) is 5.38. The second-order valence-electron chi connectivity index (χ2n) is 6.57. The van der Waals surface area contributed by atoms with Gasteiger partial charge in [0.15, 0.2) is 11.4 Å². The molecule has 3 aromatic heterocycles. The van der Waals surface area contributed by atoms with Crippen LogP contribution in [0, 0.1) is 0 Å². The van der Waals surface area contributed by atoms with Crippen LogP contribution in [0.15, 0.2) is 108 Å². The summed E-state index contributed by atoms with van der Waals surface area (Å²) in [4.78, 5) is 28.5. The number of para-hydroxylation sites is 1. The zero-order valence-corrected chi connectivity index (χ0v) is 15.5. The van der Waals surface area contributed by atoms with E-state index >= 15 is 0 Å². The minimum Gasteiger partial charge on any atom is -0.421 e. The Morgan fingerprint density at radius 2 is 1.37 bits per heavy atom. The fraction of sp³-hybridized carbons (Fsp3) is 0. The fourth-order valence-corrected chi connectivity index (χ4v) is 3.12. The summed E-state index contributed by atoms with van der Waals surface area (Å²) >= 11 is 0. The summed E-state index contributed by atoms with van der Waals surface area (Å²) in [6, 6.07) is 19.4. The van der Waals surface area contributed by atoms with Gasteiger partial charge in [0.1, 0.15) is 11.2 Å². The summed E-state index contributed by atoms with van der Waals surface area (Å²) in [6.45, 7) is 0. The van der Waals surface area contributed by atoms with E-state index in [4.69, 9.17) is 8.83 Å². The molecule has 5 rings (SSSR count). The highest BCUT2D eigenvalue weighted by Crippen LogP contribution is 2.26. The molecule has 0 radical (unpaired) electrons. The van der Waals surface area contributed by atoms with E-state index in [1.807, 2.05) is 30.3 Å². The van der Waals surface area contributed by atoms with E-state index in [2.05, 4.69) is 15.2 Å². The average molecular weight is 395 g/mol. The van der Waals surface area contributed by atoms with Gasteiger partial charge < -0.3 is 8.83 Å². The van der Waals surface area contributed by atoms with Gasteiger partial charge in [0.2, 0.25) is 0 Å². The van der Waals surface area contributed by atoms with E-state index in [0.717, 1.165) is 11.1 Å². The molecule has 7 heteroatoms. The largest absolute Gasteiger partial charge is 0.421 e. The molecule has 2 aromatic carbocycles. The lowest BCUT2D eigenvalue weighted by Gasteiger charge is -2.03. The summed E-state index contributed by atoms with van der Waals surface area (Å²) in [7, 11) is 0. The molecule has 0 fully saturated rings. The molecule has 0 amide bonds. The number of azo groups is 1. The lowest BCUT2D eigenvalue weighted by Crippen LogP contribution is -1.99. The summed E-state index contributed by atoms with van der Waals surface area (Å²) < 4.78 is 10.6.